The van der Waals surface area contributed by atoms with Crippen LogP contribution in [0, 0.1) is 11.3 Å². The summed E-state index contributed by atoms with van der Waals surface area (Å²) < 4.78 is 1.08. The molecular formula is C15H14N2OS. The first kappa shape index (κ1) is 12.3. The Labute approximate surface area is 115 Å². The molecule has 1 aromatic heterocycles. The Kier molecular flexibility index (Phi) is 3.33. The number of nitriles is 1. The van der Waals surface area contributed by atoms with E-state index in [9.17, 15) is 4.79 Å². The molecule has 19 heavy (non-hydrogen) atoms. The van der Waals surface area contributed by atoms with E-state index >= 15 is 0 Å². The second kappa shape index (κ2) is 5.12. The second-order valence-corrected chi connectivity index (χ2v) is 5.90. The van der Waals surface area contributed by atoms with Crippen molar-refractivity contribution in [2.45, 2.75) is 19.4 Å². The van der Waals surface area contributed by atoms with Crippen molar-refractivity contribution in [2.24, 2.45) is 0 Å². The molecule has 3 nitrogen and oxygen atoms in total. The van der Waals surface area contributed by atoms with E-state index in [-0.39, 0.29) is 5.43 Å². The summed E-state index contributed by atoms with van der Waals surface area (Å²) in [5, 5.41) is 9.48. The van der Waals surface area contributed by atoms with Crippen molar-refractivity contribution in [1.29, 1.82) is 5.26 Å². The van der Waals surface area contributed by atoms with Crippen LogP contribution in [0.15, 0.2) is 29.1 Å². The van der Waals surface area contributed by atoms with Crippen LogP contribution in [-0.2, 0) is 13.0 Å². The third kappa shape index (κ3) is 2.27. The van der Waals surface area contributed by atoms with Crippen LogP contribution in [0.2, 0.25) is 0 Å². The van der Waals surface area contributed by atoms with Gasteiger partial charge in [-0.15, -0.1) is 11.3 Å². The maximum Gasteiger partial charge on any atom is 0.192 e. The van der Waals surface area contributed by atoms with Crippen LogP contribution < -0.4 is 5.43 Å². The van der Waals surface area contributed by atoms with Gasteiger partial charge in [-0.05, 0) is 18.6 Å². The van der Waals surface area contributed by atoms with Crippen LogP contribution in [0.1, 0.15) is 16.9 Å². The van der Waals surface area contributed by atoms with Crippen molar-refractivity contribution >= 4 is 21.4 Å². The number of nitrogens with zero attached hydrogens (tertiary/aromatic N) is 2. The molecule has 0 saturated carbocycles. The molecule has 0 spiro atoms. The molecule has 0 bridgehead atoms. The molecule has 1 aromatic carbocycles. The molecule has 0 unspecified atom stereocenters. The Morgan fingerprint density at radius 1 is 1.37 bits per heavy atom. The van der Waals surface area contributed by atoms with Crippen molar-refractivity contribution < 1.29 is 0 Å². The molecule has 1 aliphatic heterocycles. The van der Waals surface area contributed by atoms with Crippen LogP contribution in [0.25, 0.3) is 10.1 Å². The van der Waals surface area contributed by atoms with Crippen molar-refractivity contribution in [3.63, 3.8) is 0 Å². The normalized spacial score (nSPS) is 15.1. The van der Waals surface area contributed by atoms with Gasteiger partial charge < -0.3 is 0 Å². The molecule has 0 radical (unpaired) electrons. The zero-order valence-corrected chi connectivity index (χ0v) is 11.4. The van der Waals surface area contributed by atoms with Crippen LogP contribution >= 0.6 is 11.3 Å². The molecule has 2 heterocycles. The van der Waals surface area contributed by atoms with Gasteiger partial charge in [0.15, 0.2) is 5.43 Å². The molecule has 0 atom stereocenters. The Hall–Kier alpha value is -1.70. The predicted molar refractivity (Wildman–Crippen MR) is 77.3 cm³/mol. The summed E-state index contributed by atoms with van der Waals surface area (Å²) in [5.41, 5.74) is 1.11. The fourth-order valence-corrected chi connectivity index (χ4v) is 3.71. The van der Waals surface area contributed by atoms with E-state index in [0.29, 0.717) is 13.0 Å². The van der Waals surface area contributed by atoms with Crippen molar-refractivity contribution in [1.82, 2.24) is 4.90 Å². The predicted octanol–water partition coefficient (Wildman–Crippen LogP) is 2.53. The topological polar surface area (TPSA) is 44.1 Å². The molecule has 1 aliphatic rings. The maximum atomic E-state index is 12.5. The Bertz CT molecular complexity index is 714. The number of hydrogen-bond acceptors (Lipinski definition) is 4. The lowest BCUT2D eigenvalue weighted by atomic mass is 10.1. The van der Waals surface area contributed by atoms with Crippen LogP contribution in [0.3, 0.4) is 0 Å². The van der Waals surface area contributed by atoms with Gasteiger partial charge in [0.05, 0.1) is 6.07 Å². The maximum absolute atomic E-state index is 12.5. The highest BCUT2D eigenvalue weighted by atomic mass is 32.1. The lowest BCUT2D eigenvalue weighted by Crippen LogP contribution is -2.34. The summed E-state index contributed by atoms with van der Waals surface area (Å²) in [6.45, 7) is 2.40. The molecule has 2 aromatic rings. The highest BCUT2D eigenvalue weighted by Crippen LogP contribution is 2.26. The number of benzene rings is 1. The summed E-state index contributed by atoms with van der Waals surface area (Å²) in [6.07, 6.45) is 1.45. The number of fused-ring (bicyclic) bond motifs is 2. The fraction of sp³-hybridized carbons (Fsp3) is 0.333. The molecule has 0 saturated heterocycles. The van der Waals surface area contributed by atoms with Crippen LogP contribution in [0.4, 0.5) is 0 Å². The van der Waals surface area contributed by atoms with Crippen LogP contribution in [0.5, 0.6) is 0 Å². The van der Waals surface area contributed by atoms with E-state index < -0.39 is 0 Å². The smallest absolute Gasteiger partial charge is 0.192 e. The van der Waals surface area contributed by atoms with E-state index in [2.05, 4.69) is 11.0 Å². The van der Waals surface area contributed by atoms with Crippen LogP contribution in [-0.4, -0.2) is 18.0 Å². The van der Waals surface area contributed by atoms with Crippen molar-refractivity contribution in [3.05, 3.63) is 44.9 Å². The molecule has 0 aliphatic carbocycles. The fourth-order valence-electron chi connectivity index (χ4n) is 2.55. The second-order valence-electron chi connectivity index (χ2n) is 4.76. The average Bonchev–Trinajstić information content (AvgIpc) is 2.46. The van der Waals surface area contributed by atoms with Gasteiger partial charge in [-0.2, -0.15) is 5.26 Å². The zero-order chi connectivity index (χ0) is 13.2. The third-order valence-corrected chi connectivity index (χ3v) is 4.83. The standard InChI is InChI=1S/C15H14N2OS/c16-7-3-8-17-9-6-14-12(10-17)15(18)11-4-1-2-5-13(11)19-14/h1-2,4-5H,3,6,8-10H2. The van der Waals surface area contributed by atoms with Gasteiger partial charge in [-0.3, -0.25) is 9.69 Å². The summed E-state index contributed by atoms with van der Waals surface area (Å²) >= 11 is 1.74. The van der Waals surface area contributed by atoms with E-state index in [4.69, 9.17) is 5.26 Å². The van der Waals surface area contributed by atoms with E-state index in [1.807, 2.05) is 24.3 Å². The van der Waals surface area contributed by atoms with E-state index in [1.165, 1.54) is 4.88 Å². The van der Waals surface area contributed by atoms with Gasteiger partial charge in [0.2, 0.25) is 0 Å². The Morgan fingerprint density at radius 3 is 3.05 bits per heavy atom. The lowest BCUT2D eigenvalue weighted by Gasteiger charge is -2.27. The quantitative estimate of drug-likeness (QED) is 0.842. The third-order valence-electron chi connectivity index (χ3n) is 3.55. The number of rotatable bonds is 2. The molecular weight excluding hydrogens is 256 g/mol. The monoisotopic (exact) mass is 270 g/mol. The van der Waals surface area contributed by atoms with Gasteiger partial charge in [-0.1, -0.05) is 12.1 Å². The van der Waals surface area contributed by atoms with Gasteiger partial charge in [0, 0.05) is 46.6 Å². The average molecular weight is 270 g/mol. The van der Waals surface area contributed by atoms with Gasteiger partial charge in [-0.25, -0.2) is 0 Å². The van der Waals surface area contributed by atoms with E-state index in [1.54, 1.807) is 11.3 Å². The molecule has 4 heteroatoms. The van der Waals surface area contributed by atoms with Gasteiger partial charge in [0.1, 0.15) is 0 Å². The first-order valence-corrected chi connectivity index (χ1v) is 7.24. The summed E-state index contributed by atoms with van der Waals surface area (Å²) in [4.78, 5) is 15.9. The first-order chi connectivity index (χ1) is 9.29. The molecule has 96 valence electrons. The minimum atomic E-state index is 0.172. The first-order valence-electron chi connectivity index (χ1n) is 6.42. The molecule has 0 amide bonds. The minimum absolute atomic E-state index is 0.172. The summed E-state index contributed by atoms with van der Waals surface area (Å²) in [6, 6.07) is 9.98. The molecule has 0 N–H and O–H groups in total. The Morgan fingerprint density at radius 2 is 2.21 bits per heavy atom. The van der Waals surface area contributed by atoms with Gasteiger partial charge >= 0.3 is 0 Å². The minimum Gasteiger partial charge on any atom is -0.298 e. The molecule has 0 fully saturated rings. The lowest BCUT2D eigenvalue weighted by molar-refractivity contribution is 0.261. The van der Waals surface area contributed by atoms with Gasteiger partial charge in [0.25, 0.3) is 0 Å². The zero-order valence-electron chi connectivity index (χ0n) is 10.6. The van der Waals surface area contributed by atoms with E-state index in [0.717, 1.165) is 35.2 Å². The molecule has 3 rings (SSSR count). The largest absolute Gasteiger partial charge is 0.298 e. The highest BCUT2D eigenvalue weighted by molar-refractivity contribution is 7.18. The van der Waals surface area contributed by atoms with Crippen molar-refractivity contribution in [2.75, 3.05) is 13.1 Å². The van der Waals surface area contributed by atoms with Crippen molar-refractivity contribution in [3.8, 4) is 6.07 Å². The summed E-state index contributed by atoms with van der Waals surface area (Å²) in [7, 11) is 0. The Balaban J connectivity index is 2.03. The SMILES string of the molecule is N#CCCN1CCc2sc3ccccc3c(=O)c2C1. The summed E-state index contributed by atoms with van der Waals surface area (Å²) in [5.74, 6) is 0. The highest BCUT2D eigenvalue weighted by Gasteiger charge is 2.20. The number of hydrogen-bond donors (Lipinski definition) is 0.